The largest absolute Gasteiger partial charge is 0.465 e. The first-order valence-corrected chi connectivity index (χ1v) is 12.6. The Kier molecular flexibility index (Phi) is 7.31. The minimum Gasteiger partial charge on any atom is -0.465 e. The minimum atomic E-state index is -1.25. The average Bonchev–Trinajstić information content (AvgIpc) is 3.35. The predicted octanol–water partition coefficient (Wildman–Crippen LogP) is 4.62. The summed E-state index contributed by atoms with van der Waals surface area (Å²) >= 11 is 1.40. The predicted molar refractivity (Wildman–Crippen MR) is 135 cm³/mol. The van der Waals surface area contributed by atoms with Gasteiger partial charge >= 0.3 is 11.9 Å². The van der Waals surface area contributed by atoms with Crippen LogP contribution in [0.25, 0.3) is 11.4 Å². The first-order valence-electron chi connectivity index (χ1n) is 11.7. The van der Waals surface area contributed by atoms with Gasteiger partial charge in [-0.05, 0) is 45.4 Å². The fourth-order valence-electron chi connectivity index (χ4n) is 4.85. The van der Waals surface area contributed by atoms with Gasteiger partial charge in [0.05, 0.1) is 36.1 Å². The van der Waals surface area contributed by atoms with Crippen molar-refractivity contribution in [1.82, 2.24) is 15.3 Å². The zero-order chi connectivity index (χ0) is 25.0. The van der Waals surface area contributed by atoms with Gasteiger partial charge in [-0.3, -0.25) is 9.78 Å². The van der Waals surface area contributed by atoms with E-state index in [9.17, 15) is 9.59 Å². The van der Waals surface area contributed by atoms with Crippen LogP contribution in [0.15, 0.2) is 71.4 Å². The molecule has 7 nitrogen and oxygen atoms in total. The molecular formula is C27H29N3O4S. The van der Waals surface area contributed by atoms with Gasteiger partial charge in [-0.25, -0.2) is 9.78 Å². The molecular weight excluding hydrogens is 462 g/mol. The lowest BCUT2D eigenvalue weighted by Crippen LogP contribution is -2.60. The van der Waals surface area contributed by atoms with Crippen molar-refractivity contribution in [2.24, 2.45) is 0 Å². The van der Waals surface area contributed by atoms with Crippen LogP contribution in [-0.4, -0.2) is 41.2 Å². The van der Waals surface area contributed by atoms with E-state index in [4.69, 9.17) is 14.5 Å². The second-order valence-corrected chi connectivity index (χ2v) is 9.19. The Morgan fingerprint density at radius 2 is 1.74 bits per heavy atom. The number of carbonyl (C=O) groups is 2. The van der Waals surface area contributed by atoms with Crippen LogP contribution < -0.4 is 5.32 Å². The summed E-state index contributed by atoms with van der Waals surface area (Å²) in [4.78, 5) is 36.6. The maximum absolute atomic E-state index is 14.0. The fraction of sp³-hybridized carbons (Fsp3) is 0.333. The molecule has 0 saturated heterocycles. The first kappa shape index (κ1) is 24.6. The number of pyridine rings is 1. The Balaban J connectivity index is 2.01. The lowest BCUT2D eigenvalue weighted by atomic mass is 9.61. The Bertz CT molecular complexity index is 1230. The first-order chi connectivity index (χ1) is 16.9. The Morgan fingerprint density at radius 1 is 1.03 bits per heavy atom. The maximum Gasteiger partial charge on any atom is 0.336 e. The fourth-order valence-corrected chi connectivity index (χ4v) is 5.85. The summed E-state index contributed by atoms with van der Waals surface area (Å²) in [5.41, 5.74) is 1.93. The Morgan fingerprint density at radius 3 is 2.40 bits per heavy atom. The average molecular weight is 492 g/mol. The number of ether oxygens (including phenoxy) is 2. The van der Waals surface area contributed by atoms with E-state index >= 15 is 0 Å². The van der Waals surface area contributed by atoms with Crippen molar-refractivity contribution in [2.45, 2.75) is 45.1 Å². The maximum atomic E-state index is 14.0. The molecule has 0 fully saturated rings. The minimum absolute atomic E-state index is 0.210. The highest BCUT2D eigenvalue weighted by Gasteiger charge is 2.59. The molecule has 8 heteroatoms. The van der Waals surface area contributed by atoms with Crippen LogP contribution in [0.2, 0.25) is 0 Å². The second-order valence-electron chi connectivity index (χ2n) is 8.30. The summed E-state index contributed by atoms with van der Waals surface area (Å²) in [6, 6.07) is 14.7. The van der Waals surface area contributed by atoms with Gasteiger partial charge in [0.2, 0.25) is 0 Å². The second kappa shape index (κ2) is 10.4. The van der Waals surface area contributed by atoms with Gasteiger partial charge in [-0.1, -0.05) is 36.4 Å². The molecule has 0 amide bonds. The number of allylic oxidation sites excluding steroid dienone is 1. The van der Waals surface area contributed by atoms with Gasteiger partial charge in [-0.15, -0.1) is 11.3 Å². The van der Waals surface area contributed by atoms with Crippen molar-refractivity contribution in [1.29, 1.82) is 0 Å². The molecule has 35 heavy (non-hydrogen) atoms. The lowest BCUT2D eigenvalue weighted by molar-refractivity contribution is -0.153. The van der Waals surface area contributed by atoms with Crippen LogP contribution in [0.4, 0.5) is 0 Å². The molecule has 1 aromatic carbocycles. The molecule has 1 aliphatic heterocycles. The molecule has 0 saturated carbocycles. The molecule has 3 unspecified atom stereocenters. The number of nitrogens with zero attached hydrogens (tertiary/aromatic N) is 2. The van der Waals surface area contributed by atoms with E-state index < -0.39 is 29.3 Å². The standard InChI is InChI=1S/C27H29N3O4S/c1-5-33-25(31)22-17(3)29-18(4)27(26(32)34-6-2,19-12-8-7-9-13-19)23(22)24-30-21(16-35-24)20-14-10-11-15-28-20/h7-16,18,23,29H,5-6H2,1-4H3. The highest BCUT2D eigenvalue weighted by molar-refractivity contribution is 7.10. The normalized spacial score (nSPS) is 21.8. The topological polar surface area (TPSA) is 90.4 Å². The van der Waals surface area contributed by atoms with E-state index in [2.05, 4.69) is 10.3 Å². The Hall–Kier alpha value is -3.52. The van der Waals surface area contributed by atoms with Crippen LogP contribution in [0.1, 0.15) is 44.2 Å². The number of nitrogens with one attached hydrogen (secondary N) is 1. The highest BCUT2D eigenvalue weighted by atomic mass is 32.1. The molecule has 3 aromatic rings. The molecule has 2 aromatic heterocycles. The van der Waals surface area contributed by atoms with Gasteiger partial charge in [0, 0.05) is 23.3 Å². The third-order valence-corrected chi connectivity index (χ3v) is 7.23. The van der Waals surface area contributed by atoms with Gasteiger partial charge in [0.25, 0.3) is 0 Å². The van der Waals surface area contributed by atoms with Crippen LogP contribution in [-0.2, 0) is 24.5 Å². The molecule has 3 atom stereocenters. The van der Waals surface area contributed by atoms with Gasteiger partial charge in [-0.2, -0.15) is 0 Å². The number of benzene rings is 1. The van der Waals surface area contributed by atoms with Crippen LogP contribution in [0.3, 0.4) is 0 Å². The van der Waals surface area contributed by atoms with E-state index in [1.54, 1.807) is 20.0 Å². The summed E-state index contributed by atoms with van der Waals surface area (Å²) in [7, 11) is 0. The van der Waals surface area contributed by atoms with Gasteiger partial charge in [0.1, 0.15) is 10.4 Å². The van der Waals surface area contributed by atoms with Crippen molar-refractivity contribution in [3.63, 3.8) is 0 Å². The molecule has 3 heterocycles. The number of hydrogen-bond donors (Lipinski definition) is 1. The molecule has 0 spiro atoms. The van der Waals surface area contributed by atoms with Crippen LogP contribution >= 0.6 is 11.3 Å². The number of thiazole rings is 1. The van der Waals surface area contributed by atoms with E-state index in [0.29, 0.717) is 22.0 Å². The van der Waals surface area contributed by atoms with Crippen molar-refractivity contribution in [2.75, 3.05) is 13.2 Å². The quantitative estimate of drug-likeness (QED) is 0.482. The lowest BCUT2D eigenvalue weighted by Gasteiger charge is -2.47. The SMILES string of the molecule is CCOC(=O)C1=C(C)NC(C)C(C(=O)OCC)(c2ccccc2)C1c1nc(-c2ccccn2)cs1. The summed E-state index contributed by atoms with van der Waals surface area (Å²) < 4.78 is 11.2. The van der Waals surface area contributed by atoms with Crippen molar-refractivity contribution in [3.8, 4) is 11.4 Å². The van der Waals surface area contributed by atoms with Crippen molar-refractivity contribution < 1.29 is 19.1 Å². The molecule has 0 aliphatic carbocycles. The van der Waals surface area contributed by atoms with Crippen molar-refractivity contribution in [3.05, 3.63) is 81.9 Å². The van der Waals surface area contributed by atoms with Crippen LogP contribution in [0.5, 0.6) is 0 Å². The molecule has 1 N–H and O–H groups in total. The van der Waals surface area contributed by atoms with E-state index in [1.807, 2.05) is 67.8 Å². The molecule has 182 valence electrons. The van der Waals surface area contributed by atoms with E-state index in [-0.39, 0.29) is 13.2 Å². The molecule has 0 bridgehead atoms. The number of aromatic nitrogens is 2. The van der Waals surface area contributed by atoms with E-state index in [1.165, 1.54) is 11.3 Å². The van der Waals surface area contributed by atoms with E-state index in [0.717, 1.165) is 11.3 Å². The molecule has 4 rings (SSSR count). The summed E-state index contributed by atoms with van der Waals surface area (Å²) in [6.07, 6.45) is 1.71. The van der Waals surface area contributed by atoms with Crippen molar-refractivity contribution >= 4 is 23.3 Å². The summed E-state index contributed by atoms with van der Waals surface area (Å²) in [6.45, 7) is 7.75. The molecule has 1 aliphatic rings. The van der Waals surface area contributed by atoms with Gasteiger partial charge in [0.15, 0.2) is 0 Å². The molecule has 0 radical (unpaired) electrons. The third kappa shape index (κ3) is 4.34. The number of esters is 2. The highest BCUT2D eigenvalue weighted by Crippen LogP contribution is 2.51. The summed E-state index contributed by atoms with van der Waals surface area (Å²) in [5.74, 6) is -1.62. The van der Waals surface area contributed by atoms with Crippen LogP contribution in [0, 0.1) is 0 Å². The summed E-state index contributed by atoms with van der Waals surface area (Å²) in [5, 5.41) is 5.91. The zero-order valence-electron chi connectivity index (χ0n) is 20.3. The number of hydrogen-bond acceptors (Lipinski definition) is 8. The van der Waals surface area contributed by atoms with Gasteiger partial charge < -0.3 is 14.8 Å². The zero-order valence-corrected chi connectivity index (χ0v) is 21.1. The third-order valence-electron chi connectivity index (χ3n) is 6.32. The number of rotatable bonds is 7. The Labute approximate surface area is 209 Å². The monoisotopic (exact) mass is 491 g/mol. The number of carbonyl (C=O) groups excluding carboxylic acids is 2. The smallest absolute Gasteiger partial charge is 0.336 e.